The molecule has 0 aliphatic carbocycles. The number of ether oxygens (including phenoxy) is 4. The van der Waals surface area contributed by atoms with Crippen molar-refractivity contribution in [3.8, 4) is 23.0 Å². The topological polar surface area (TPSA) is 278 Å². The Kier molecular flexibility index (Phi) is 23.0. The summed E-state index contributed by atoms with van der Waals surface area (Å²) < 4.78 is 46.6. The first-order valence-electron chi connectivity index (χ1n) is 28.1. The molecule has 0 aromatic heterocycles. The summed E-state index contributed by atoms with van der Waals surface area (Å²) in [5, 5.41) is 33.8. The lowest BCUT2D eigenvalue weighted by Crippen LogP contribution is -2.39. The number of halogens is 1. The molecule has 0 radical (unpaired) electrons. The fourth-order valence-corrected chi connectivity index (χ4v) is 11.2. The van der Waals surface area contributed by atoms with Gasteiger partial charge in [-0.05, 0) is 111 Å². The predicted molar refractivity (Wildman–Crippen MR) is 345 cm³/mol. The second-order valence-corrected chi connectivity index (χ2v) is 21.9. The standard InChI is InChI=1S/C12H16N2O3.C11H14N2O2.C10H12N2O2.C10H14N2.C9H9ClN2O2.C9H12N2O2S/c1-13-9-4-2-5-10-12(9)17-8-11(16)14(10)6-3-7-15;1-3-13-9-6-4-5-8(12-2)11(9)15-7-10(13)14;1-11-7-4-3-5-8-10(7)14-6-9(13)12(8)2;1-11-9-5-2-6-10-8(9)4-3-7-12-10;1-11-6-2-5(10)3-7-9(6)14-4-8(13)12-7;1-10-8-3-2-4-9-7(8)5-6-14(12,13)11-9/h2,4-5,13,15H,3,6-8H2,1H3;4-6,12H,3,7H2,1-2H3;3-5,11H,6H2,1-2H3;2,5-6,11-12H,3-4,7H2,1H3;2-3,11H,4H2,1H3,(H,12,13);2-4,10-11H,5-6H2,1H3. The predicted octanol–water partition coefficient (Wildman–Crippen LogP) is 8.22. The van der Waals surface area contributed by atoms with Gasteiger partial charge in [0.25, 0.3) is 23.6 Å². The molecule has 4 amide bonds. The van der Waals surface area contributed by atoms with E-state index < -0.39 is 10.0 Å². The number of fused-ring (bicyclic) bond motifs is 6. The van der Waals surface area contributed by atoms with Gasteiger partial charge in [0.2, 0.25) is 10.0 Å². The lowest BCUT2D eigenvalue weighted by atomic mass is 10.0. The van der Waals surface area contributed by atoms with Crippen molar-refractivity contribution in [2.75, 3.05) is 170 Å². The molecule has 0 spiro atoms. The van der Waals surface area contributed by atoms with Gasteiger partial charge in [-0.1, -0.05) is 41.9 Å². The SMILES string of the molecule is CCN1C(=O)COc2c(NC)cccc21.CNc1cc(Cl)cc2c1OCC(=O)N2.CNc1cccc2c1CCCN2.CNc1cccc2c1CCS(=O)(=O)N2.CNc1cccc2c1OCC(=O)N2C.CNc1cccc2c1OCC(=O)N2CCCO. The number of sulfonamides is 1. The average Bonchev–Trinajstić information content (AvgIpc) is 2.01. The van der Waals surface area contributed by atoms with Crippen molar-refractivity contribution >= 4 is 114 Å². The van der Waals surface area contributed by atoms with Gasteiger partial charge in [-0.15, -0.1) is 0 Å². The number of carbonyl (C=O) groups is 4. The Morgan fingerprint density at radius 2 is 1.03 bits per heavy atom. The second kappa shape index (κ2) is 30.7. The first-order valence-corrected chi connectivity index (χ1v) is 30.1. The van der Waals surface area contributed by atoms with Crippen molar-refractivity contribution in [3.05, 3.63) is 119 Å². The third kappa shape index (κ3) is 15.8. The third-order valence-corrected chi connectivity index (χ3v) is 15.7. The normalized spacial score (nSPS) is 15.0. The summed E-state index contributed by atoms with van der Waals surface area (Å²) in [6, 6.07) is 32.4. The number of hydrogen-bond donors (Lipinski definition) is 10. The molecule has 0 unspecified atom stereocenters. The number of anilines is 12. The Morgan fingerprint density at radius 1 is 0.558 bits per heavy atom. The van der Waals surface area contributed by atoms with E-state index in [1.165, 1.54) is 29.8 Å². The smallest absolute Gasteiger partial charge is 0.265 e. The van der Waals surface area contributed by atoms with Gasteiger partial charge in [-0.3, -0.25) is 23.9 Å². The first kappa shape index (κ1) is 64.6. The monoisotopic (exact) mass is 1220 g/mol. The summed E-state index contributed by atoms with van der Waals surface area (Å²) >= 11 is 5.86. The Balaban J connectivity index is 0.000000148. The summed E-state index contributed by atoms with van der Waals surface area (Å²) in [5.74, 6) is 2.77. The number of amides is 4. The van der Waals surface area contributed by atoms with Crippen LogP contribution in [0.1, 0.15) is 30.9 Å². The van der Waals surface area contributed by atoms with Crippen LogP contribution < -0.4 is 80.9 Å². The molecule has 23 nitrogen and oxygen atoms in total. The van der Waals surface area contributed by atoms with Gasteiger partial charge in [0.1, 0.15) is 0 Å². The van der Waals surface area contributed by atoms with Crippen LogP contribution in [0.15, 0.2) is 103 Å². The molecular formula is C61H77ClN12O11S. The van der Waals surface area contributed by atoms with Gasteiger partial charge >= 0.3 is 0 Å². The zero-order chi connectivity index (χ0) is 61.9. The summed E-state index contributed by atoms with van der Waals surface area (Å²) in [6.07, 6.45) is 3.57. The molecular weight excluding hydrogens is 1140 g/mol. The van der Waals surface area contributed by atoms with Crippen molar-refractivity contribution in [2.45, 2.75) is 32.6 Å². The highest BCUT2D eigenvalue weighted by Crippen LogP contribution is 2.42. The minimum Gasteiger partial charge on any atom is -0.479 e. The molecule has 6 aromatic carbocycles. The van der Waals surface area contributed by atoms with Crippen LogP contribution in [0.5, 0.6) is 23.0 Å². The van der Waals surface area contributed by atoms with Gasteiger partial charge < -0.3 is 81.3 Å². The molecule has 6 aliphatic heterocycles. The number of aliphatic hydroxyl groups is 1. The number of nitrogens with one attached hydrogen (secondary N) is 9. The fourth-order valence-electron chi connectivity index (χ4n) is 9.92. The van der Waals surface area contributed by atoms with E-state index in [0.29, 0.717) is 53.8 Å². The Labute approximate surface area is 507 Å². The molecule has 460 valence electrons. The Hall–Kier alpha value is -9.00. The van der Waals surface area contributed by atoms with Gasteiger partial charge in [-0.25, -0.2) is 8.42 Å². The van der Waals surface area contributed by atoms with Crippen molar-refractivity contribution in [1.29, 1.82) is 0 Å². The molecule has 0 fully saturated rings. The zero-order valence-electron chi connectivity index (χ0n) is 49.7. The van der Waals surface area contributed by atoms with E-state index in [1.807, 2.05) is 109 Å². The molecule has 25 heteroatoms. The maximum atomic E-state index is 11.8. The quantitative estimate of drug-likeness (QED) is 0.0618. The number of aliphatic hydroxyl groups excluding tert-OH is 1. The number of para-hydroxylation sites is 3. The van der Waals surface area contributed by atoms with Crippen molar-refractivity contribution in [3.63, 3.8) is 0 Å². The number of benzene rings is 6. The van der Waals surface area contributed by atoms with E-state index in [0.717, 1.165) is 69.1 Å². The summed E-state index contributed by atoms with van der Waals surface area (Å²) in [6.45, 7) is 4.66. The van der Waals surface area contributed by atoms with Crippen molar-refractivity contribution in [2.24, 2.45) is 0 Å². The molecule has 0 bridgehead atoms. The van der Waals surface area contributed by atoms with E-state index in [4.69, 9.17) is 35.7 Å². The van der Waals surface area contributed by atoms with Crippen LogP contribution in [0.2, 0.25) is 5.02 Å². The van der Waals surface area contributed by atoms with Crippen LogP contribution in [-0.2, 0) is 42.0 Å². The molecule has 12 rings (SSSR count). The average molecular weight is 1220 g/mol. The first-order chi connectivity index (χ1) is 41.5. The third-order valence-electron chi connectivity index (χ3n) is 14.2. The lowest BCUT2D eigenvalue weighted by Gasteiger charge is -2.30. The van der Waals surface area contributed by atoms with Crippen LogP contribution in [0.4, 0.5) is 68.2 Å². The Bertz CT molecular complexity index is 3470. The minimum absolute atomic E-state index is 0.0123. The van der Waals surface area contributed by atoms with Crippen LogP contribution in [0.25, 0.3) is 0 Å². The molecule has 86 heavy (non-hydrogen) atoms. The highest BCUT2D eigenvalue weighted by molar-refractivity contribution is 7.92. The minimum atomic E-state index is -3.10. The lowest BCUT2D eigenvalue weighted by molar-refractivity contribution is -0.122. The second-order valence-electron chi connectivity index (χ2n) is 19.6. The Morgan fingerprint density at radius 3 is 1.59 bits per heavy atom. The number of carbonyl (C=O) groups excluding carboxylic acids is 4. The van der Waals surface area contributed by atoms with E-state index in [2.05, 4.69) is 65.5 Å². The zero-order valence-corrected chi connectivity index (χ0v) is 51.2. The van der Waals surface area contributed by atoms with Gasteiger partial charge in [0, 0.05) is 103 Å². The van der Waals surface area contributed by atoms with Crippen LogP contribution in [0, 0.1) is 0 Å². The highest BCUT2D eigenvalue weighted by atomic mass is 35.5. The number of rotatable bonds is 10. The molecule has 0 saturated carbocycles. The maximum absolute atomic E-state index is 11.8. The summed E-state index contributed by atoms with van der Waals surface area (Å²) in [7, 11) is 9.71. The molecule has 6 aliphatic rings. The van der Waals surface area contributed by atoms with E-state index in [9.17, 15) is 27.6 Å². The van der Waals surface area contributed by atoms with Gasteiger partial charge in [0.05, 0.1) is 56.9 Å². The highest BCUT2D eigenvalue weighted by Gasteiger charge is 2.29. The molecule has 6 aromatic rings. The summed E-state index contributed by atoms with van der Waals surface area (Å²) in [5.41, 5.74) is 13.2. The molecule has 0 saturated heterocycles. The summed E-state index contributed by atoms with van der Waals surface area (Å²) in [4.78, 5) is 50.7. The van der Waals surface area contributed by atoms with Crippen LogP contribution in [-0.4, -0.2) is 145 Å². The van der Waals surface area contributed by atoms with Gasteiger partial charge in [0.15, 0.2) is 49.4 Å². The van der Waals surface area contributed by atoms with E-state index >= 15 is 0 Å². The molecule has 6 heterocycles. The number of likely N-dealkylation sites (N-methyl/N-ethyl adjacent to an activating group) is 2. The van der Waals surface area contributed by atoms with Crippen LogP contribution >= 0.6 is 11.6 Å². The number of nitrogens with zero attached hydrogens (tertiary/aromatic N) is 3. The van der Waals surface area contributed by atoms with E-state index in [1.54, 1.807) is 47.0 Å². The maximum Gasteiger partial charge on any atom is 0.265 e. The molecule has 10 N–H and O–H groups in total. The van der Waals surface area contributed by atoms with Gasteiger partial charge in [-0.2, -0.15) is 0 Å². The number of hydrogen-bond acceptors (Lipinski definition) is 18. The largest absolute Gasteiger partial charge is 0.479 e. The van der Waals surface area contributed by atoms with Crippen LogP contribution in [0.3, 0.4) is 0 Å². The fraction of sp³-hybridized carbons (Fsp3) is 0.344. The van der Waals surface area contributed by atoms with E-state index in [-0.39, 0.29) is 62.4 Å². The van der Waals surface area contributed by atoms with Crippen molar-refractivity contribution in [1.82, 2.24) is 0 Å². The molecule has 0 atom stereocenters. The van der Waals surface area contributed by atoms with Crippen molar-refractivity contribution < 1.29 is 51.6 Å².